The van der Waals surface area contributed by atoms with Gasteiger partial charge in [-0.15, -0.1) is 0 Å². The van der Waals surface area contributed by atoms with Gasteiger partial charge in [0.2, 0.25) is 0 Å². The van der Waals surface area contributed by atoms with Gasteiger partial charge < -0.3 is 15.2 Å². The van der Waals surface area contributed by atoms with Crippen molar-refractivity contribution >= 4 is 11.6 Å². The fraction of sp³-hybridized carbons (Fsp3) is 0.667. The van der Waals surface area contributed by atoms with Crippen LogP contribution in [0.5, 0.6) is 0 Å². The van der Waals surface area contributed by atoms with Crippen LogP contribution in [0.3, 0.4) is 0 Å². The lowest BCUT2D eigenvalue weighted by molar-refractivity contribution is 0.0768. The number of likely N-dealkylation sites (tertiary alicyclic amines) is 1. The zero-order valence-corrected chi connectivity index (χ0v) is 11.8. The first-order valence-corrected chi connectivity index (χ1v) is 7.33. The molecule has 2 fully saturated rings. The lowest BCUT2D eigenvalue weighted by Crippen LogP contribution is -2.31. The largest absolute Gasteiger partial charge is 0.397 e. The van der Waals surface area contributed by atoms with Crippen LogP contribution >= 0.6 is 0 Å². The maximum Gasteiger partial charge on any atom is 0.270 e. The van der Waals surface area contributed by atoms with Gasteiger partial charge in [-0.3, -0.25) is 4.79 Å². The second kappa shape index (κ2) is 4.58. The summed E-state index contributed by atoms with van der Waals surface area (Å²) in [5.41, 5.74) is 7.27. The van der Waals surface area contributed by atoms with Crippen molar-refractivity contribution in [1.29, 1.82) is 0 Å². The third kappa shape index (κ3) is 2.13. The van der Waals surface area contributed by atoms with E-state index in [-0.39, 0.29) is 11.9 Å². The fourth-order valence-corrected chi connectivity index (χ4v) is 3.66. The zero-order chi connectivity index (χ0) is 13.6. The molecule has 2 aliphatic rings. The van der Waals surface area contributed by atoms with E-state index in [1.165, 1.54) is 19.3 Å². The third-order valence-electron chi connectivity index (χ3n) is 4.66. The van der Waals surface area contributed by atoms with E-state index < -0.39 is 0 Å². The minimum Gasteiger partial charge on any atom is -0.397 e. The maximum atomic E-state index is 12.7. The highest BCUT2D eigenvalue weighted by atomic mass is 16.2. The van der Waals surface area contributed by atoms with Crippen LogP contribution in [0.25, 0.3) is 0 Å². The Bertz CT molecular complexity index is 480. The van der Waals surface area contributed by atoms with E-state index in [0.717, 1.165) is 30.6 Å². The van der Waals surface area contributed by atoms with Crippen molar-refractivity contribution in [2.45, 2.75) is 39.2 Å². The number of amides is 1. The molecule has 2 atom stereocenters. The van der Waals surface area contributed by atoms with Crippen LogP contribution in [0.15, 0.2) is 12.3 Å². The highest BCUT2D eigenvalue weighted by Gasteiger charge is 2.38. The number of carbonyl (C=O) groups is 1. The fourth-order valence-electron chi connectivity index (χ4n) is 3.66. The molecule has 1 amide bonds. The van der Waals surface area contributed by atoms with Gasteiger partial charge in [-0.1, -0.05) is 6.42 Å². The highest BCUT2D eigenvalue weighted by Crippen LogP contribution is 2.38. The number of nitrogens with zero attached hydrogens (tertiary/aromatic N) is 2. The van der Waals surface area contributed by atoms with E-state index in [1.807, 2.05) is 21.7 Å². The van der Waals surface area contributed by atoms with E-state index in [9.17, 15) is 4.79 Å². The van der Waals surface area contributed by atoms with Crippen molar-refractivity contribution in [2.24, 2.45) is 11.8 Å². The Morgan fingerprint density at radius 3 is 2.53 bits per heavy atom. The standard InChI is InChI=1S/C15H23N3O/c1-10(2)18-9-13(16)6-14(18)15(19)17-7-11-4-3-5-12(11)8-17/h6,9-12H,3-5,7-8,16H2,1-2H3. The van der Waals surface area contributed by atoms with Crippen LogP contribution in [0.4, 0.5) is 5.69 Å². The quantitative estimate of drug-likeness (QED) is 0.889. The second-order valence-corrected chi connectivity index (χ2v) is 6.32. The molecular weight excluding hydrogens is 238 g/mol. The molecule has 2 N–H and O–H groups in total. The summed E-state index contributed by atoms with van der Waals surface area (Å²) in [5, 5.41) is 0. The normalized spacial score (nSPS) is 26.2. The summed E-state index contributed by atoms with van der Waals surface area (Å²) in [5.74, 6) is 1.63. The number of hydrogen-bond acceptors (Lipinski definition) is 2. The first kappa shape index (κ1) is 12.6. The van der Waals surface area contributed by atoms with Gasteiger partial charge in [0, 0.05) is 25.3 Å². The molecule has 1 aliphatic heterocycles. The first-order chi connectivity index (χ1) is 9.06. The lowest BCUT2D eigenvalue weighted by Gasteiger charge is -2.20. The molecule has 1 aromatic rings. The highest BCUT2D eigenvalue weighted by molar-refractivity contribution is 5.94. The number of carbonyl (C=O) groups excluding carboxylic acids is 1. The zero-order valence-electron chi connectivity index (χ0n) is 11.8. The molecule has 0 aromatic carbocycles. The van der Waals surface area contributed by atoms with Gasteiger partial charge in [0.1, 0.15) is 5.69 Å². The van der Waals surface area contributed by atoms with Gasteiger partial charge in [-0.05, 0) is 44.6 Å². The Balaban J connectivity index is 1.81. The molecule has 19 heavy (non-hydrogen) atoms. The summed E-state index contributed by atoms with van der Waals surface area (Å²) in [6.07, 6.45) is 5.80. The van der Waals surface area contributed by atoms with E-state index in [4.69, 9.17) is 5.73 Å². The predicted molar refractivity (Wildman–Crippen MR) is 76.0 cm³/mol. The maximum absolute atomic E-state index is 12.7. The van der Waals surface area contributed by atoms with Crippen molar-refractivity contribution in [3.8, 4) is 0 Å². The molecule has 2 unspecified atom stereocenters. The molecule has 1 aliphatic carbocycles. The molecule has 1 saturated carbocycles. The molecule has 1 aromatic heterocycles. The number of anilines is 1. The van der Waals surface area contributed by atoms with Gasteiger partial charge in [0.15, 0.2) is 0 Å². The summed E-state index contributed by atoms with van der Waals surface area (Å²) in [4.78, 5) is 14.7. The van der Waals surface area contributed by atoms with Crippen LogP contribution in [0, 0.1) is 11.8 Å². The molecule has 1 saturated heterocycles. The van der Waals surface area contributed by atoms with Crippen molar-refractivity contribution in [3.05, 3.63) is 18.0 Å². The van der Waals surface area contributed by atoms with Gasteiger partial charge in [-0.2, -0.15) is 0 Å². The predicted octanol–water partition coefficient (Wildman–Crippen LogP) is 2.52. The minimum atomic E-state index is 0.153. The summed E-state index contributed by atoms with van der Waals surface area (Å²) < 4.78 is 1.99. The molecule has 0 spiro atoms. The Labute approximate surface area is 114 Å². The van der Waals surface area contributed by atoms with E-state index >= 15 is 0 Å². The van der Waals surface area contributed by atoms with Crippen LogP contribution < -0.4 is 5.73 Å². The molecule has 4 nitrogen and oxygen atoms in total. The third-order valence-corrected chi connectivity index (χ3v) is 4.66. The van der Waals surface area contributed by atoms with Gasteiger partial charge in [0.25, 0.3) is 5.91 Å². The molecule has 0 radical (unpaired) electrons. The Morgan fingerprint density at radius 2 is 1.95 bits per heavy atom. The summed E-state index contributed by atoms with van der Waals surface area (Å²) >= 11 is 0. The molecule has 4 heteroatoms. The summed E-state index contributed by atoms with van der Waals surface area (Å²) in [6, 6.07) is 2.08. The Kier molecular flexibility index (Phi) is 3.03. The molecule has 2 heterocycles. The Morgan fingerprint density at radius 1 is 1.32 bits per heavy atom. The van der Waals surface area contributed by atoms with Crippen LogP contribution in [-0.4, -0.2) is 28.5 Å². The number of hydrogen-bond donors (Lipinski definition) is 1. The van der Waals surface area contributed by atoms with Crippen molar-refractivity contribution in [2.75, 3.05) is 18.8 Å². The number of fused-ring (bicyclic) bond motifs is 1. The van der Waals surface area contributed by atoms with Crippen molar-refractivity contribution in [1.82, 2.24) is 9.47 Å². The van der Waals surface area contributed by atoms with E-state index in [0.29, 0.717) is 5.69 Å². The number of rotatable bonds is 2. The van der Waals surface area contributed by atoms with E-state index in [2.05, 4.69) is 13.8 Å². The SMILES string of the molecule is CC(C)n1cc(N)cc1C(=O)N1CC2CCCC2C1. The molecular formula is C15H23N3O. The molecule has 3 rings (SSSR count). The van der Waals surface area contributed by atoms with Gasteiger partial charge in [0.05, 0.1) is 5.69 Å². The van der Waals surface area contributed by atoms with Crippen LogP contribution in [-0.2, 0) is 0 Å². The average molecular weight is 261 g/mol. The van der Waals surface area contributed by atoms with E-state index in [1.54, 1.807) is 0 Å². The van der Waals surface area contributed by atoms with Gasteiger partial charge >= 0.3 is 0 Å². The second-order valence-electron chi connectivity index (χ2n) is 6.32. The number of nitrogens with two attached hydrogens (primary N) is 1. The summed E-state index contributed by atoms with van der Waals surface area (Å²) in [7, 11) is 0. The summed E-state index contributed by atoms with van der Waals surface area (Å²) in [6.45, 7) is 6.03. The lowest BCUT2D eigenvalue weighted by atomic mass is 10.0. The monoisotopic (exact) mass is 261 g/mol. The molecule has 104 valence electrons. The van der Waals surface area contributed by atoms with Crippen molar-refractivity contribution in [3.63, 3.8) is 0 Å². The number of aromatic nitrogens is 1. The van der Waals surface area contributed by atoms with Gasteiger partial charge in [-0.25, -0.2) is 0 Å². The molecule has 0 bridgehead atoms. The van der Waals surface area contributed by atoms with Crippen LogP contribution in [0.1, 0.15) is 49.6 Å². The van der Waals surface area contributed by atoms with Crippen LogP contribution in [0.2, 0.25) is 0 Å². The Hall–Kier alpha value is -1.45. The van der Waals surface area contributed by atoms with Crippen molar-refractivity contribution < 1.29 is 4.79 Å². The first-order valence-electron chi connectivity index (χ1n) is 7.33. The topological polar surface area (TPSA) is 51.3 Å². The minimum absolute atomic E-state index is 0.153. The average Bonchev–Trinajstić information content (AvgIpc) is 2.99. The smallest absolute Gasteiger partial charge is 0.270 e. The number of nitrogen functional groups attached to an aromatic ring is 1.